The van der Waals surface area contributed by atoms with Gasteiger partial charge < -0.3 is 14.2 Å². The lowest BCUT2D eigenvalue weighted by Gasteiger charge is -2.34. The van der Waals surface area contributed by atoms with Crippen molar-refractivity contribution in [2.75, 3.05) is 32.8 Å². The summed E-state index contributed by atoms with van der Waals surface area (Å²) in [6.45, 7) is 8.60. The van der Waals surface area contributed by atoms with Crippen LogP contribution in [0.4, 0.5) is 0 Å². The van der Waals surface area contributed by atoms with Crippen molar-refractivity contribution in [3.05, 3.63) is 53.4 Å². The predicted molar refractivity (Wildman–Crippen MR) is 94.3 cm³/mol. The highest BCUT2D eigenvalue weighted by Gasteiger charge is 2.27. The third-order valence-electron chi connectivity index (χ3n) is 4.56. The van der Waals surface area contributed by atoms with Gasteiger partial charge in [0.15, 0.2) is 0 Å². The second-order valence-corrected chi connectivity index (χ2v) is 6.52. The van der Waals surface area contributed by atoms with Gasteiger partial charge >= 0.3 is 0 Å². The standard InChI is InChI=1S/C19H25N3O3/c1-15-12-20-25-18(15)19(23)22(14-17-6-4-3-5-7-17)16(2)13-21-8-10-24-11-9-21/h3-7,12,16H,8-11,13-14H2,1-2H3/t16-/m0/s1. The zero-order chi connectivity index (χ0) is 17.6. The molecule has 2 aromatic rings. The third-order valence-corrected chi connectivity index (χ3v) is 4.56. The van der Waals surface area contributed by atoms with Crippen molar-refractivity contribution in [3.63, 3.8) is 0 Å². The number of hydrogen-bond donors (Lipinski definition) is 0. The number of aromatic nitrogens is 1. The molecule has 1 saturated heterocycles. The molecule has 0 aliphatic carbocycles. The van der Waals surface area contributed by atoms with Crippen LogP contribution < -0.4 is 0 Å². The number of carbonyl (C=O) groups excluding carboxylic acids is 1. The number of ether oxygens (including phenoxy) is 1. The summed E-state index contributed by atoms with van der Waals surface area (Å²) in [7, 11) is 0. The SMILES string of the molecule is Cc1cnoc1C(=O)N(Cc1ccccc1)[C@@H](C)CN1CCOCC1. The molecule has 0 bridgehead atoms. The first-order valence-corrected chi connectivity index (χ1v) is 8.71. The molecule has 1 amide bonds. The van der Waals surface area contributed by atoms with Gasteiger partial charge in [-0.25, -0.2) is 0 Å². The summed E-state index contributed by atoms with van der Waals surface area (Å²) in [4.78, 5) is 17.3. The van der Waals surface area contributed by atoms with Crippen LogP contribution in [0.5, 0.6) is 0 Å². The van der Waals surface area contributed by atoms with Crippen LogP contribution in [0.25, 0.3) is 0 Å². The summed E-state index contributed by atoms with van der Waals surface area (Å²) < 4.78 is 10.6. The lowest BCUT2D eigenvalue weighted by atomic mass is 10.1. The molecule has 134 valence electrons. The fraction of sp³-hybridized carbons (Fsp3) is 0.474. The van der Waals surface area contributed by atoms with Crippen LogP contribution in [0, 0.1) is 6.92 Å². The van der Waals surface area contributed by atoms with Gasteiger partial charge in [0.25, 0.3) is 5.91 Å². The molecule has 0 unspecified atom stereocenters. The number of rotatable bonds is 6. The van der Waals surface area contributed by atoms with Gasteiger partial charge in [-0.15, -0.1) is 0 Å². The van der Waals surface area contributed by atoms with Crippen LogP contribution in [0.15, 0.2) is 41.1 Å². The largest absolute Gasteiger partial charge is 0.379 e. The molecular weight excluding hydrogens is 318 g/mol. The van der Waals surface area contributed by atoms with Crippen molar-refractivity contribution in [1.82, 2.24) is 15.0 Å². The van der Waals surface area contributed by atoms with E-state index in [-0.39, 0.29) is 11.9 Å². The molecule has 1 aromatic heterocycles. The summed E-state index contributed by atoms with van der Waals surface area (Å²) in [5.41, 5.74) is 1.86. The Morgan fingerprint density at radius 2 is 2.00 bits per heavy atom. The Kier molecular flexibility index (Phi) is 5.83. The first-order chi connectivity index (χ1) is 12.1. The fourth-order valence-corrected chi connectivity index (χ4v) is 3.09. The molecule has 0 spiro atoms. The molecule has 0 saturated carbocycles. The number of morpholine rings is 1. The van der Waals surface area contributed by atoms with Crippen LogP contribution in [-0.4, -0.2) is 59.8 Å². The Hall–Kier alpha value is -2.18. The van der Waals surface area contributed by atoms with E-state index in [1.54, 1.807) is 6.20 Å². The Morgan fingerprint density at radius 3 is 2.64 bits per heavy atom. The maximum absolute atomic E-state index is 13.1. The molecule has 1 aliphatic rings. The molecule has 2 heterocycles. The Labute approximate surface area is 148 Å². The van der Waals surface area contributed by atoms with Gasteiger partial charge in [-0.2, -0.15) is 0 Å². The highest BCUT2D eigenvalue weighted by atomic mass is 16.5. The molecule has 3 rings (SSSR count). The minimum Gasteiger partial charge on any atom is -0.379 e. The molecule has 1 aliphatic heterocycles. The maximum Gasteiger partial charge on any atom is 0.293 e. The van der Waals surface area contributed by atoms with Gasteiger partial charge in [-0.1, -0.05) is 35.5 Å². The highest BCUT2D eigenvalue weighted by Crippen LogP contribution is 2.17. The number of nitrogens with zero attached hydrogens (tertiary/aromatic N) is 3. The number of amides is 1. The van der Waals surface area contributed by atoms with Crippen LogP contribution in [-0.2, 0) is 11.3 Å². The average molecular weight is 343 g/mol. The Bertz CT molecular complexity index is 680. The van der Waals surface area contributed by atoms with E-state index in [0.29, 0.717) is 12.3 Å². The second-order valence-electron chi connectivity index (χ2n) is 6.52. The zero-order valence-electron chi connectivity index (χ0n) is 14.9. The van der Waals surface area contributed by atoms with Crippen molar-refractivity contribution in [2.24, 2.45) is 0 Å². The molecular formula is C19H25N3O3. The quantitative estimate of drug-likeness (QED) is 0.806. The molecule has 6 heteroatoms. The lowest BCUT2D eigenvalue weighted by Crippen LogP contribution is -2.48. The molecule has 1 fully saturated rings. The molecule has 25 heavy (non-hydrogen) atoms. The van der Waals surface area contributed by atoms with Crippen molar-refractivity contribution < 1.29 is 14.1 Å². The first-order valence-electron chi connectivity index (χ1n) is 8.71. The Balaban J connectivity index is 1.77. The molecule has 1 atom stereocenters. The van der Waals surface area contributed by atoms with Crippen molar-refractivity contribution in [1.29, 1.82) is 0 Å². The van der Waals surface area contributed by atoms with E-state index in [1.165, 1.54) is 0 Å². The highest BCUT2D eigenvalue weighted by molar-refractivity contribution is 5.92. The van der Waals surface area contributed by atoms with E-state index in [2.05, 4.69) is 17.0 Å². The van der Waals surface area contributed by atoms with E-state index in [0.717, 1.165) is 44.0 Å². The van der Waals surface area contributed by atoms with E-state index in [9.17, 15) is 4.79 Å². The van der Waals surface area contributed by atoms with Crippen LogP contribution in [0.2, 0.25) is 0 Å². The Morgan fingerprint density at radius 1 is 1.28 bits per heavy atom. The maximum atomic E-state index is 13.1. The van der Waals surface area contributed by atoms with Gasteiger partial charge in [0, 0.05) is 37.8 Å². The van der Waals surface area contributed by atoms with Crippen LogP contribution >= 0.6 is 0 Å². The molecule has 0 radical (unpaired) electrons. The zero-order valence-corrected chi connectivity index (χ0v) is 14.9. The monoisotopic (exact) mass is 343 g/mol. The van der Waals surface area contributed by atoms with Gasteiger partial charge in [0.1, 0.15) is 0 Å². The lowest BCUT2D eigenvalue weighted by molar-refractivity contribution is 0.0220. The fourth-order valence-electron chi connectivity index (χ4n) is 3.09. The molecule has 6 nitrogen and oxygen atoms in total. The van der Waals surface area contributed by atoms with E-state index >= 15 is 0 Å². The average Bonchev–Trinajstić information content (AvgIpc) is 3.07. The number of hydrogen-bond acceptors (Lipinski definition) is 5. The summed E-state index contributed by atoms with van der Waals surface area (Å²) in [6, 6.07) is 10.1. The predicted octanol–water partition coefficient (Wildman–Crippen LogP) is 2.35. The topological polar surface area (TPSA) is 58.8 Å². The van der Waals surface area contributed by atoms with E-state index < -0.39 is 0 Å². The smallest absolute Gasteiger partial charge is 0.293 e. The van der Waals surface area contributed by atoms with Gasteiger partial charge in [-0.05, 0) is 19.4 Å². The first kappa shape index (κ1) is 17.6. The third kappa shape index (κ3) is 4.46. The summed E-state index contributed by atoms with van der Waals surface area (Å²) in [5.74, 6) is 0.212. The van der Waals surface area contributed by atoms with Crippen molar-refractivity contribution in [3.8, 4) is 0 Å². The van der Waals surface area contributed by atoms with Crippen LogP contribution in [0.3, 0.4) is 0 Å². The van der Waals surface area contributed by atoms with Gasteiger partial charge in [0.05, 0.1) is 19.4 Å². The normalized spacial score (nSPS) is 16.6. The minimum absolute atomic E-state index is 0.0512. The van der Waals surface area contributed by atoms with Gasteiger partial charge in [0.2, 0.25) is 5.76 Å². The van der Waals surface area contributed by atoms with E-state index in [1.807, 2.05) is 42.2 Å². The number of aryl methyl sites for hydroxylation is 1. The minimum atomic E-state index is -0.111. The molecule has 0 N–H and O–H groups in total. The summed E-state index contributed by atoms with van der Waals surface area (Å²) >= 11 is 0. The second kappa shape index (κ2) is 8.27. The summed E-state index contributed by atoms with van der Waals surface area (Å²) in [6.07, 6.45) is 1.58. The van der Waals surface area contributed by atoms with E-state index in [4.69, 9.17) is 9.26 Å². The van der Waals surface area contributed by atoms with Gasteiger partial charge in [-0.3, -0.25) is 9.69 Å². The number of carbonyl (C=O) groups is 1. The summed E-state index contributed by atoms with van der Waals surface area (Å²) in [5, 5.41) is 3.76. The molecule has 1 aromatic carbocycles. The van der Waals surface area contributed by atoms with Crippen molar-refractivity contribution in [2.45, 2.75) is 26.4 Å². The van der Waals surface area contributed by atoms with Crippen molar-refractivity contribution >= 4 is 5.91 Å². The number of benzene rings is 1. The van der Waals surface area contributed by atoms with Crippen LogP contribution in [0.1, 0.15) is 28.6 Å².